The maximum absolute atomic E-state index is 6.44. The summed E-state index contributed by atoms with van der Waals surface area (Å²) in [6.45, 7) is 4.70. The van der Waals surface area contributed by atoms with Crippen LogP contribution in [0, 0.1) is 0 Å². The number of nitrogens with zero attached hydrogens (tertiary/aromatic N) is 4. The fourth-order valence-corrected chi connectivity index (χ4v) is 7.02. The Morgan fingerprint density at radius 2 is 1.69 bits per heavy atom. The van der Waals surface area contributed by atoms with Gasteiger partial charge in [0.15, 0.2) is 0 Å². The predicted molar refractivity (Wildman–Crippen MR) is 147 cm³/mol. The van der Waals surface area contributed by atoms with Crippen LogP contribution in [0.15, 0.2) is 48.5 Å². The number of hydrogen-bond donors (Lipinski definition) is 0. The zero-order chi connectivity index (χ0) is 23.8. The van der Waals surface area contributed by atoms with Crippen LogP contribution in [0.3, 0.4) is 0 Å². The highest BCUT2D eigenvalue weighted by Crippen LogP contribution is 2.40. The van der Waals surface area contributed by atoms with Crippen molar-refractivity contribution in [1.82, 2.24) is 14.9 Å². The van der Waals surface area contributed by atoms with Crippen molar-refractivity contribution in [3.8, 4) is 0 Å². The molecule has 35 heavy (non-hydrogen) atoms. The third-order valence-corrected chi connectivity index (χ3v) is 8.90. The van der Waals surface area contributed by atoms with Crippen molar-refractivity contribution in [2.24, 2.45) is 0 Å². The Bertz CT molecular complexity index is 1350. The van der Waals surface area contributed by atoms with E-state index in [1.165, 1.54) is 45.5 Å². The lowest BCUT2D eigenvalue weighted by molar-refractivity contribution is 0.249. The molecule has 7 heteroatoms. The minimum atomic E-state index is 0.682. The average Bonchev–Trinajstić information content (AvgIpc) is 3.25. The molecule has 1 saturated heterocycles. The van der Waals surface area contributed by atoms with Crippen LogP contribution >= 0.6 is 34.5 Å². The first-order valence-corrected chi connectivity index (χ1v) is 14.0. The number of hydrogen-bond acceptors (Lipinski definition) is 5. The second-order valence-electron chi connectivity index (χ2n) is 9.52. The Kier molecular flexibility index (Phi) is 6.68. The largest absolute Gasteiger partial charge is 0.353 e. The van der Waals surface area contributed by atoms with Crippen LogP contribution in [0.2, 0.25) is 10.0 Å². The van der Waals surface area contributed by atoms with Gasteiger partial charge in [0.25, 0.3) is 0 Å². The van der Waals surface area contributed by atoms with E-state index in [1.54, 1.807) is 0 Å². The van der Waals surface area contributed by atoms with E-state index in [4.69, 9.17) is 33.2 Å². The van der Waals surface area contributed by atoms with Gasteiger partial charge in [-0.25, -0.2) is 9.97 Å². The van der Waals surface area contributed by atoms with E-state index in [-0.39, 0.29) is 0 Å². The van der Waals surface area contributed by atoms with Gasteiger partial charge in [-0.05, 0) is 54.5 Å². The molecule has 1 aliphatic heterocycles. The van der Waals surface area contributed by atoms with E-state index in [1.807, 2.05) is 29.5 Å². The molecule has 4 aromatic rings. The molecule has 1 fully saturated rings. The van der Waals surface area contributed by atoms with E-state index >= 15 is 0 Å². The topological polar surface area (TPSA) is 32.3 Å². The Balaban J connectivity index is 1.28. The summed E-state index contributed by atoms with van der Waals surface area (Å²) in [5.41, 5.74) is 3.89. The number of benzene rings is 2. The molecule has 2 aromatic heterocycles. The zero-order valence-corrected chi connectivity index (χ0v) is 22.0. The summed E-state index contributed by atoms with van der Waals surface area (Å²) < 4.78 is 0. The van der Waals surface area contributed by atoms with Gasteiger partial charge in [-0.3, -0.25) is 4.90 Å². The first-order valence-electron chi connectivity index (χ1n) is 12.4. The number of thiophene rings is 1. The molecule has 0 unspecified atom stereocenters. The van der Waals surface area contributed by atoms with E-state index < -0.39 is 0 Å². The zero-order valence-electron chi connectivity index (χ0n) is 19.6. The number of rotatable bonds is 5. The van der Waals surface area contributed by atoms with Gasteiger partial charge in [-0.2, -0.15) is 0 Å². The summed E-state index contributed by atoms with van der Waals surface area (Å²) in [5.74, 6) is 2.07. The number of halogens is 2. The summed E-state index contributed by atoms with van der Waals surface area (Å²) >= 11 is 14.4. The molecule has 2 aromatic carbocycles. The standard InChI is InChI=1S/C28H28Cl2N4S/c29-21-11-10-20(23(30)17-21)18-33-12-14-34(15-13-33)27-26-22-8-4-5-9-24(22)35-28(26)32-25(31-27)16-19-6-2-1-3-7-19/h1-3,6-7,10-11,17H,4-5,8-9,12-16,18H2. The van der Waals surface area contributed by atoms with Gasteiger partial charge in [-0.15, -0.1) is 11.3 Å². The van der Waals surface area contributed by atoms with Crippen LogP contribution in [0.4, 0.5) is 5.82 Å². The number of anilines is 1. The molecule has 0 bridgehead atoms. The average molecular weight is 524 g/mol. The molecule has 0 atom stereocenters. The van der Waals surface area contributed by atoms with Crippen molar-refractivity contribution < 1.29 is 0 Å². The first-order chi connectivity index (χ1) is 17.1. The molecule has 0 amide bonds. The smallest absolute Gasteiger partial charge is 0.141 e. The van der Waals surface area contributed by atoms with Crippen molar-refractivity contribution >= 4 is 50.6 Å². The normalized spacial score (nSPS) is 16.6. The molecule has 2 aliphatic rings. The fraction of sp³-hybridized carbons (Fsp3) is 0.357. The van der Waals surface area contributed by atoms with E-state index in [2.05, 4.69) is 40.1 Å². The lowest BCUT2D eigenvalue weighted by Crippen LogP contribution is -2.46. The number of fused-ring (bicyclic) bond motifs is 3. The second-order valence-corrected chi connectivity index (χ2v) is 11.4. The fourth-order valence-electron chi connectivity index (χ4n) is 5.28. The van der Waals surface area contributed by atoms with Crippen LogP contribution in [0.5, 0.6) is 0 Å². The first kappa shape index (κ1) is 23.2. The van der Waals surface area contributed by atoms with E-state index in [0.29, 0.717) is 5.02 Å². The summed E-state index contributed by atoms with van der Waals surface area (Å²) in [6.07, 6.45) is 5.64. The summed E-state index contributed by atoms with van der Waals surface area (Å²) in [4.78, 5) is 17.9. The quantitative estimate of drug-likeness (QED) is 0.288. The highest BCUT2D eigenvalue weighted by atomic mass is 35.5. The lowest BCUT2D eigenvalue weighted by Gasteiger charge is -2.36. The third kappa shape index (κ3) is 4.92. The van der Waals surface area contributed by atoms with Gasteiger partial charge in [0.05, 0.1) is 5.39 Å². The predicted octanol–water partition coefficient (Wildman–Crippen LogP) is 6.79. The Labute approximate surface area is 220 Å². The van der Waals surface area contributed by atoms with Gasteiger partial charge in [0.2, 0.25) is 0 Å². The number of aryl methyl sites for hydroxylation is 2. The summed E-state index contributed by atoms with van der Waals surface area (Å²) in [6, 6.07) is 16.3. The highest BCUT2D eigenvalue weighted by molar-refractivity contribution is 7.19. The number of aromatic nitrogens is 2. The summed E-state index contributed by atoms with van der Waals surface area (Å²) in [5, 5.41) is 2.74. The van der Waals surface area contributed by atoms with Crippen LogP contribution in [0.1, 0.15) is 40.2 Å². The molecular weight excluding hydrogens is 495 g/mol. The molecule has 6 rings (SSSR count). The Morgan fingerprint density at radius 3 is 2.49 bits per heavy atom. The molecule has 0 N–H and O–H groups in total. The van der Waals surface area contributed by atoms with E-state index in [0.717, 1.165) is 67.8 Å². The third-order valence-electron chi connectivity index (χ3n) is 7.13. The minimum Gasteiger partial charge on any atom is -0.353 e. The van der Waals surface area contributed by atoms with Gasteiger partial charge in [-0.1, -0.05) is 59.6 Å². The van der Waals surface area contributed by atoms with Crippen molar-refractivity contribution in [1.29, 1.82) is 0 Å². The van der Waals surface area contributed by atoms with Gasteiger partial charge < -0.3 is 4.90 Å². The second kappa shape index (κ2) is 10.1. The van der Waals surface area contributed by atoms with Gasteiger partial charge >= 0.3 is 0 Å². The monoisotopic (exact) mass is 522 g/mol. The molecular formula is C28H28Cl2N4S. The van der Waals surface area contributed by atoms with Crippen LogP contribution in [0.25, 0.3) is 10.2 Å². The molecule has 180 valence electrons. The molecule has 0 saturated carbocycles. The van der Waals surface area contributed by atoms with Crippen molar-refractivity contribution in [3.05, 3.63) is 86.0 Å². The van der Waals surface area contributed by atoms with E-state index in [9.17, 15) is 0 Å². The van der Waals surface area contributed by atoms with Gasteiger partial charge in [0, 0.05) is 54.1 Å². The Morgan fingerprint density at radius 1 is 0.886 bits per heavy atom. The number of piperazine rings is 1. The molecule has 1 aliphatic carbocycles. The van der Waals surface area contributed by atoms with Crippen LogP contribution < -0.4 is 4.90 Å². The molecule has 3 heterocycles. The van der Waals surface area contributed by atoms with Crippen molar-refractivity contribution in [2.45, 2.75) is 38.6 Å². The highest BCUT2D eigenvalue weighted by Gasteiger charge is 2.26. The van der Waals surface area contributed by atoms with Crippen LogP contribution in [-0.4, -0.2) is 41.0 Å². The summed E-state index contributed by atoms with van der Waals surface area (Å²) in [7, 11) is 0. The van der Waals surface area contributed by atoms with Crippen molar-refractivity contribution in [2.75, 3.05) is 31.1 Å². The SMILES string of the molecule is Clc1ccc(CN2CCN(c3nc(Cc4ccccc4)nc4sc5c(c34)CCCC5)CC2)c(Cl)c1. The Hall–Kier alpha value is -2.18. The maximum atomic E-state index is 6.44. The molecule has 4 nitrogen and oxygen atoms in total. The maximum Gasteiger partial charge on any atom is 0.141 e. The molecule has 0 spiro atoms. The molecule has 0 radical (unpaired) electrons. The van der Waals surface area contributed by atoms with Crippen LogP contribution in [-0.2, 0) is 25.8 Å². The van der Waals surface area contributed by atoms with Gasteiger partial charge in [0.1, 0.15) is 16.5 Å². The minimum absolute atomic E-state index is 0.682. The lowest BCUT2D eigenvalue weighted by atomic mass is 9.96. The van der Waals surface area contributed by atoms with Crippen molar-refractivity contribution in [3.63, 3.8) is 0 Å².